The lowest BCUT2D eigenvalue weighted by molar-refractivity contribution is 0.289. The van der Waals surface area contributed by atoms with Crippen molar-refractivity contribution in [2.45, 2.75) is 64.3 Å². The third kappa shape index (κ3) is 2.27. The van der Waals surface area contributed by atoms with E-state index in [-0.39, 0.29) is 0 Å². The molecule has 0 bridgehead atoms. The molecule has 0 radical (unpaired) electrons. The van der Waals surface area contributed by atoms with Crippen molar-refractivity contribution in [3.63, 3.8) is 0 Å². The van der Waals surface area contributed by atoms with E-state index in [1.54, 1.807) is 0 Å². The van der Waals surface area contributed by atoms with E-state index in [0.717, 1.165) is 18.9 Å². The molecule has 1 aliphatic heterocycles. The van der Waals surface area contributed by atoms with Crippen LogP contribution in [0.2, 0.25) is 0 Å². The van der Waals surface area contributed by atoms with E-state index in [1.807, 2.05) is 0 Å². The number of fused-ring (bicyclic) bond motifs is 1. The summed E-state index contributed by atoms with van der Waals surface area (Å²) in [5.74, 6) is 2.15. The van der Waals surface area contributed by atoms with Crippen LogP contribution < -0.4 is 5.32 Å². The molecule has 0 saturated heterocycles. The molecule has 3 nitrogen and oxygen atoms in total. The molecule has 0 aromatic carbocycles. The van der Waals surface area contributed by atoms with Crippen molar-refractivity contribution in [2.24, 2.45) is 5.92 Å². The summed E-state index contributed by atoms with van der Waals surface area (Å²) in [5, 5.41) is 8.38. The van der Waals surface area contributed by atoms with Gasteiger partial charge in [-0.1, -0.05) is 26.2 Å². The average molecular weight is 247 g/mol. The lowest BCUT2D eigenvalue weighted by Gasteiger charge is -2.30. The Morgan fingerprint density at radius 3 is 2.94 bits per heavy atom. The Balaban J connectivity index is 1.78. The van der Waals surface area contributed by atoms with E-state index in [4.69, 9.17) is 5.10 Å². The molecule has 18 heavy (non-hydrogen) atoms. The first kappa shape index (κ1) is 12.1. The number of rotatable bonds is 4. The van der Waals surface area contributed by atoms with E-state index >= 15 is 0 Å². The van der Waals surface area contributed by atoms with Crippen LogP contribution in [0.15, 0.2) is 6.07 Å². The molecular formula is C15H25N3. The first-order chi connectivity index (χ1) is 8.88. The highest BCUT2D eigenvalue weighted by Crippen LogP contribution is 2.39. The fourth-order valence-electron chi connectivity index (χ4n) is 3.56. The van der Waals surface area contributed by atoms with Crippen LogP contribution in [-0.2, 0) is 6.42 Å². The van der Waals surface area contributed by atoms with Gasteiger partial charge in [-0.2, -0.15) is 5.10 Å². The first-order valence-electron chi connectivity index (χ1n) is 7.71. The number of nitrogens with zero attached hydrogens (tertiary/aromatic N) is 2. The monoisotopic (exact) mass is 247 g/mol. The molecular weight excluding hydrogens is 222 g/mol. The Morgan fingerprint density at radius 1 is 1.33 bits per heavy atom. The maximum absolute atomic E-state index is 4.87. The predicted molar refractivity (Wildman–Crippen MR) is 74.9 cm³/mol. The zero-order chi connectivity index (χ0) is 12.4. The molecule has 1 unspecified atom stereocenters. The summed E-state index contributed by atoms with van der Waals surface area (Å²) in [4.78, 5) is 0. The van der Waals surface area contributed by atoms with Gasteiger partial charge in [0, 0.05) is 12.6 Å². The average Bonchev–Trinajstić information content (AvgIpc) is 3.04. The van der Waals surface area contributed by atoms with Crippen molar-refractivity contribution < 1.29 is 0 Å². The highest BCUT2D eigenvalue weighted by molar-refractivity contribution is 5.39. The van der Waals surface area contributed by atoms with Crippen LogP contribution >= 0.6 is 0 Å². The number of nitrogens with one attached hydrogen (secondary N) is 1. The largest absolute Gasteiger partial charge is 0.370 e. The van der Waals surface area contributed by atoms with Crippen molar-refractivity contribution in [1.82, 2.24) is 9.78 Å². The normalized spacial score (nSPS) is 23.9. The molecule has 1 aromatic rings. The van der Waals surface area contributed by atoms with Crippen LogP contribution in [0.1, 0.15) is 63.6 Å². The second-order valence-electron chi connectivity index (χ2n) is 5.90. The van der Waals surface area contributed by atoms with Crippen LogP contribution in [-0.4, -0.2) is 16.3 Å². The Kier molecular flexibility index (Phi) is 3.57. The molecule has 2 aliphatic rings. The maximum atomic E-state index is 4.87. The van der Waals surface area contributed by atoms with Crippen molar-refractivity contribution in [1.29, 1.82) is 0 Å². The maximum Gasteiger partial charge on any atom is 0.124 e. The standard InChI is InChI=1S/C15H25N3/c1-2-3-8-13-11-15-16-10-9-14(18(15)17-13)12-6-4-5-7-12/h11-12,14,16H,2-10H2,1H3. The minimum Gasteiger partial charge on any atom is -0.370 e. The molecule has 2 heterocycles. The zero-order valence-electron chi connectivity index (χ0n) is 11.5. The summed E-state index contributed by atoms with van der Waals surface area (Å²) in [6, 6.07) is 2.94. The second kappa shape index (κ2) is 5.33. The summed E-state index contributed by atoms with van der Waals surface area (Å²) in [5.41, 5.74) is 1.28. The van der Waals surface area contributed by atoms with Crippen molar-refractivity contribution in [2.75, 3.05) is 11.9 Å². The van der Waals surface area contributed by atoms with Gasteiger partial charge in [-0.05, 0) is 38.0 Å². The molecule has 1 saturated carbocycles. The zero-order valence-corrected chi connectivity index (χ0v) is 11.5. The lowest BCUT2D eigenvalue weighted by atomic mass is 9.94. The topological polar surface area (TPSA) is 29.9 Å². The van der Waals surface area contributed by atoms with Gasteiger partial charge < -0.3 is 5.32 Å². The fraction of sp³-hybridized carbons (Fsp3) is 0.800. The van der Waals surface area contributed by atoms with E-state index in [0.29, 0.717) is 6.04 Å². The third-order valence-electron chi connectivity index (χ3n) is 4.58. The number of aromatic nitrogens is 2. The molecule has 100 valence electrons. The molecule has 1 aromatic heterocycles. The van der Waals surface area contributed by atoms with Gasteiger partial charge in [0.15, 0.2) is 0 Å². The summed E-state index contributed by atoms with van der Waals surface area (Å²) < 4.78 is 2.31. The van der Waals surface area contributed by atoms with Crippen LogP contribution in [0.3, 0.4) is 0 Å². The molecule has 1 atom stereocenters. The fourth-order valence-corrected chi connectivity index (χ4v) is 3.56. The van der Waals surface area contributed by atoms with Gasteiger partial charge in [-0.15, -0.1) is 0 Å². The third-order valence-corrected chi connectivity index (χ3v) is 4.58. The van der Waals surface area contributed by atoms with Crippen molar-refractivity contribution in [3.8, 4) is 0 Å². The molecule has 3 heteroatoms. The van der Waals surface area contributed by atoms with Crippen molar-refractivity contribution in [3.05, 3.63) is 11.8 Å². The van der Waals surface area contributed by atoms with E-state index in [1.165, 1.54) is 56.5 Å². The number of unbranched alkanes of at least 4 members (excludes halogenated alkanes) is 1. The van der Waals surface area contributed by atoms with Crippen LogP contribution in [0, 0.1) is 5.92 Å². The molecule has 1 fully saturated rings. The SMILES string of the molecule is CCCCc1cc2n(n1)C(C1CCCC1)CCN2. The molecule has 0 amide bonds. The smallest absolute Gasteiger partial charge is 0.124 e. The van der Waals surface area contributed by atoms with Gasteiger partial charge >= 0.3 is 0 Å². The van der Waals surface area contributed by atoms with Gasteiger partial charge in [-0.25, -0.2) is 4.68 Å². The molecule has 0 spiro atoms. The summed E-state index contributed by atoms with van der Waals surface area (Å²) in [6.07, 6.45) is 10.6. The molecule has 1 aliphatic carbocycles. The van der Waals surface area contributed by atoms with Gasteiger partial charge in [0.1, 0.15) is 5.82 Å². The highest BCUT2D eigenvalue weighted by Gasteiger charge is 2.30. The number of anilines is 1. The molecule has 1 N–H and O–H groups in total. The number of aryl methyl sites for hydroxylation is 1. The lowest BCUT2D eigenvalue weighted by Crippen LogP contribution is -2.28. The van der Waals surface area contributed by atoms with E-state index in [9.17, 15) is 0 Å². The quantitative estimate of drug-likeness (QED) is 0.877. The van der Waals surface area contributed by atoms with Gasteiger partial charge in [-0.3, -0.25) is 0 Å². The highest BCUT2D eigenvalue weighted by atomic mass is 15.4. The molecule has 3 rings (SSSR count). The van der Waals surface area contributed by atoms with Gasteiger partial charge in [0.25, 0.3) is 0 Å². The number of hydrogen-bond donors (Lipinski definition) is 1. The van der Waals surface area contributed by atoms with Crippen LogP contribution in [0.4, 0.5) is 5.82 Å². The predicted octanol–water partition coefficient (Wildman–Crippen LogP) is 3.77. The Labute approximate surface area is 110 Å². The van der Waals surface area contributed by atoms with E-state index < -0.39 is 0 Å². The summed E-state index contributed by atoms with van der Waals surface area (Å²) in [6.45, 7) is 3.37. The van der Waals surface area contributed by atoms with Crippen molar-refractivity contribution >= 4 is 5.82 Å². The van der Waals surface area contributed by atoms with Gasteiger partial charge in [0.05, 0.1) is 11.7 Å². The van der Waals surface area contributed by atoms with E-state index in [2.05, 4.69) is 23.0 Å². The minimum absolute atomic E-state index is 0.666. The Hall–Kier alpha value is -0.990. The minimum atomic E-state index is 0.666. The summed E-state index contributed by atoms with van der Waals surface area (Å²) in [7, 11) is 0. The second-order valence-corrected chi connectivity index (χ2v) is 5.90. The van der Waals surface area contributed by atoms with Gasteiger partial charge in [0.2, 0.25) is 0 Å². The first-order valence-corrected chi connectivity index (χ1v) is 7.71. The van der Waals surface area contributed by atoms with Crippen LogP contribution in [0.25, 0.3) is 0 Å². The van der Waals surface area contributed by atoms with Crippen LogP contribution in [0.5, 0.6) is 0 Å². The Morgan fingerprint density at radius 2 is 2.17 bits per heavy atom. The number of hydrogen-bond acceptors (Lipinski definition) is 2. The summed E-state index contributed by atoms with van der Waals surface area (Å²) >= 11 is 0. The Bertz CT molecular complexity index is 390.